The van der Waals surface area contributed by atoms with E-state index in [1.807, 2.05) is 72.8 Å². The smallest absolute Gasteiger partial charge is 0.217 e. The molecule has 0 saturated heterocycles. The van der Waals surface area contributed by atoms with Crippen molar-refractivity contribution in [3.05, 3.63) is 103 Å². The number of aromatic nitrogens is 2. The minimum absolute atomic E-state index is 0. The zero-order chi connectivity index (χ0) is 21.5. The molecule has 5 heteroatoms. The summed E-state index contributed by atoms with van der Waals surface area (Å²) in [6, 6.07) is 32.3. The molecule has 0 aliphatic heterocycles. The first-order valence-electron chi connectivity index (χ1n) is 10.3. The van der Waals surface area contributed by atoms with Crippen molar-refractivity contribution in [3.63, 3.8) is 0 Å². The van der Waals surface area contributed by atoms with E-state index < -0.39 is 0 Å². The van der Waals surface area contributed by atoms with Gasteiger partial charge >= 0.3 is 0 Å². The molecular weight excluding hydrogens is 591 g/mol. The predicted octanol–water partition coefficient (Wildman–Crippen LogP) is 6.90. The van der Waals surface area contributed by atoms with Gasteiger partial charge in [0.1, 0.15) is 5.75 Å². The van der Waals surface area contributed by atoms with E-state index in [0.717, 1.165) is 38.2 Å². The molecule has 2 aromatic heterocycles. The quantitative estimate of drug-likeness (QED) is 0.176. The third-order valence-electron chi connectivity index (χ3n) is 5.58. The molecule has 2 heterocycles. The van der Waals surface area contributed by atoms with Gasteiger partial charge < -0.3 is 14.8 Å². The summed E-state index contributed by atoms with van der Waals surface area (Å²) in [5.41, 5.74) is 2.37. The molecule has 0 aliphatic rings. The summed E-state index contributed by atoms with van der Waals surface area (Å²) in [6.07, 6.45) is 1.75. The second-order valence-corrected chi connectivity index (χ2v) is 7.54. The monoisotopic (exact) mass is 608 g/mol. The number of ether oxygens (including phenoxy) is 1. The average molecular weight is 609 g/mol. The number of benzene rings is 4. The summed E-state index contributed by atoms with van der Waals surface area (Å²) >= 11 is 0. The third-order valence-corrected chi connectivity index (χ3v) is 5.58. The molecular formula is C28H17N2O2Pt-. The molecule has 0 atom stereocenters. The van der Waals surface area contributed by atoms with E-state index in [-0.39, 0.29) is 26.8 Å². The van der Waals surface area contributed by atoms with Crippen molar-refractivity contribution < 1.29 is 30.9 Å². The van der Waals surface area contributed by atoms with Gasteiger partial charge in [0.05, 0.1) is 10.9 Å². The molecule has 0 saturated carbocycles. The number of nitrogens with zero attached hydrogens (tertiary/aromatic N) is 2. The van der Waals surface area contributed by atoms with Crippen molar-refractivity contribution in [1.82, 2.24) is 9.97 Å². The maximum Gasteiger partial charge on any atom is 0.217 e. The Morgan fingerprint density at radius 2 is 1.45 bits per heavy atom. The summed E-state index contributed by atoms with van der Waals surface area (Å²) in [7, 11) is 0. The maximum absolute atomic E-state index is 10.7. The first-order valence-corrected chi connectivity index (χ1v) is 10.3. The van der Waals surface area contributed by atoms with Gasteiger partial charge in [-0.15, -0.1) is 23.8 Å². The minimum Gasteiger partial charge on any atom is -0.507 e. The van der Waals surface area contributed by atoms with Gasteiger partial charge in [-0.05, 0) is 40.1 Å². The topological polar surface area (TPSA) is 55.2 Å². The molecule has 0 unspecified atom stereocenters. The fraction of sp³-hybridized carbons (Fsp3) is 0. The van der Waals surface area contributed by atoms with Crippen molar-refractivity contribution >= 4 is 32.4 Å². The number of pyridine rings is 2. The van der Waals surface area contributed by atoms with Crippen molar-refractivity contribution in [2.45, 2.75) is 0 Å². The van der Waals surface area contributed by atoms with Gasteiger partial charge in [-0.1, -0.05) is 54.6 Å². The van der Waals surface area contributed by atoms with Crippen LogP contribution < -0.4 is 4.74 Å². The number of hydrogen-bond acceptors (Lipinski definition) is 4. The van der Waals surface area contributed by atoms with E-state index in [2.05, 4.69) is 23.2 Å². The van der Waals surface area contributed by atoms with Crippen LogP contribution >= 0.6 is 0 Å². The largest absolute Gasteiger partial charge is 0.507 e. The Morgan fingerprint density at radius 3 is 2.27 bits per heavy atom. The standard InChI is InChI=1S/C28H17N2O2.Pt/c31-25-13-6-11-22-20-9-1-2-10-21(20)23-14-15-26(30-28(23)27(22)25)32-19-8-5-7-18(17-19)24-12-3-4-16-29-24;/h1-16,31H;/q-1;. The van der Waals surface area contributed by atoms with Crippen LogP contribution in [0.2, 0.25) is 0 Å². The van der Waals surface area contributed by atoms with Crippen LogP contribution in [-0.2, 0) is 21.1 Å². The van der Waals surface area contributed by atoms with Crippen LogP contribution in [0.15, 0.2) is 97.2 Å². The van der Waals surface area contributed by atoms with Crippen molar-refractivity contribution in [1.29, 1.82) is 0 Å². The zero-order valence-electron chi connectivity index (χ0n) is 17.3. The molecule has 0 fully saturated rings. The summed E-state index contributed by atoms with van der Waals surface area (Å²) in [5.74, 6) is 1.19. The Bertz CT molecular complexity index is 1620. The maximum atomic E-state index is 10.7. The molecule has 0 amide bonds. The second kappa shape index (κ2) is 8.65. The van der Waals surface area contributed by atoms with Crippen LogP contribution in [0, 0.1) is 6.07 Å². The fourth-order valence-corrected chi connectivity index (χ4v) is 4.16. The third kappa shape index (κ3) is 3.73. The molecule has 0 radical (unpaired) electrons. The summed E-state index contributed by atoms with van der Waals surface area (Å²) in [4.78, 5) is 9.17. The number of aromatic hydroxyl groups is 1. The number of fused-ring (bicyclic) bond motifs is 6. The summed E-state index contributed by atoms with van der Waals surface area (Å²) < 4.78 is 6.07. The van der Waals surface area contributed by atoms with E-state index in [9.17, 15) is 5.11 Å². The van der Waals surface area contributed by atoms with Gasteiger partial charge in [0.25, 0.3) is 0 Å². The van der Waals surface area contributed by atoms with Gasteiger partial charge in [-0.2, -0.15) is 0 Å². The fourth-order valence-electron chi connectivity index (χ4n) is 4.16. The first kappa shape index (κ1) is 21.1. The van der Waals surface area contributed by atoms with Gasteiger partial charge in [0.2, 0.25) is 5.88 Å². The molecule has 162 valence electrons. The zero-order valence-corrected chi connectivity index (χ0v) is 19.6. The van der Waals surface area contributed by atoms with Gasteiger partial charge in [-0.25, -0.2) is 4.98 Å². The Morgan fingerprint density at radius 1 is 0.697 bits per heavy atom. The van der Waals surface area contributed by atoms with Crippen molar-refractivity contribution in [2.24, 2.45) is 0 Å². The first-order chi connectivity index (χ1) is 15.8. The average Bonchev–Trinajstić information content (AvgIpc) is 2.85. The van der Waals surface area contributed by atoms with E-state index in [1.54, 1.807) is 12.3 Å². The molecule has 6 rings (SSSR count). The van der Waals surface area contributed by atoms with Crippen LogP contribution in [0.5, 0.6) is 17.4 Å². The van der Waals surface area contributed by atoms with Gasteiger partial charge in [0.15, 0.2) is 0 Å². The summed E-state index contributed by atoms with van der Waals surface area (Å²) in [6.45, 7) is 0. The normalized spacial score (nSPS) is 10.9. The van der Waals surface area contributed by atoms with Crippen LogP contribution in [0.25, 0.3) is 43.7 Å². The Balaban J connectivity index is 0.00000228. The van der Waals surface area contributed by atoms with Crippen LogP contribution in [-0.4, -0.2) is 15.1 Å². The molecule has 4 aromatic carbocycles. The minimum atomic E-state index is 0. The van der Waals surface area contributed by atoms with Gasteiger partial charge in [0, 0.05) is 44.5 Å². The molecule has 1 N–H and O–H groups in total. The molecule has 33 heavy (non-hydrogen) atoms. The second-order valence-electron chi connectivity index (χ2n) is 7.54. The summed E-state index contributed by atoms with van der Waals surface area (Å²) in [5, 5.41) is 15.5. The Hall–Kier alpha value is -3.75. The van der Waals surface area contributed by atoms with E-state index in [1.165, 1.54) is 0 Å². The number of phenolic OH excluding ortho intramolecular Hbond substituents is 1. The van der Waals surface area contributed by atoms with E-state index in [0.29, 0.717) is 17.1 Å². The predicted molar refractivity (Wildman–Crippen MR) is 127 cm³/mol. The molecule has 6 aromatic rings. The number of phenols is 1. The van der Waals surface area contributed by atoms with Crippen LogP contribution in [0.4, 0.5) is 0 Å². The molecule has 0 aliphatic carbocycles. The van der Waals surface area contributed by atoms with Crippen LogP contribution in [0.3, 0.4) is 0 Å². The van der Waals surface area contributed by atoms with Gasteiger partial charge in [-0.3, -0.25) is 0 Å². The van der Waals surface area contributed by atoms with Crippen molar-refractivity contribution in [3.8, 4) is 28.6 Å². The van der Waals surface area contributed by atoms with E-state index >= 15 is 0 Å². The molecule has 0 bridgehead atoms. The molecule has 0 spiro atoms. The Kier molecular flexibility index (Phi) is 5.53. The SMILES string of the molecule is Oc1cccc2c3ccccc3c3ccc(Oc4[c-]c(-c5ccccn5)ccc4)nc3c12.[Pt]. The van der Waals surface area contributed by atoms with Crippen LogP contribution in [0.1, 0.15) is 0 Å². The number of rotatable bonds is 3. The number of hydrogen-bond donors (Lipinski definition) is 1. The van der Waals surface area contributed by atoms with Crippen molar-refractivity contribution in [2.75, 3.05) is 0 Å². The Labute approximate surface area is 204 Å². The molecule has 4 nitrogen and oxygen atoms in total. The van der Waals surface area contributed by atoms with E-state index in [4.69, 9.17) is 9.72 Å².